The van der Waals surface area contributed by atoms with E-state index in [9.17, 15) is 17.6 Å². The van der Waals surface area contributed by atoms with Gasteiger partial charge in [0.1, 0.15) is 28.0 Å². The first-order chi connectivity index (χ1) is 11.7. The Morgan fingerprint density at radius 2 is 1.84 bits per heavy atom. The van der Waals surface area contributed by atoms with E-state index < -0.39 is 38.9 Å². The minimum atomic E-state index is -4.51. The summed E-state index contributed by atoms with van der Waals surface area (Å²) < 4.78 is 45.2. The smallest absolute Gasteiger partial charge is 0.324 e. The molecule has 2 aromatic carbocycles. The molecule has 0 bridgehead atoms. The molecule has 0 saturated carbocycles. The molecule has 0 amide bonds. The number of hydrogen-bond donors (Lipinski definition) is 1. The van der Waals surface area contributed by atoms with E-state index in [-0.39, 0.29) is 15.8 Å². The highest BCUT2D eigenvalue weighted by molar-refractivity contribution is 7.93. The molecule has 0 aliphatic rings. The summed E-state index contributed by atoms with van der Waals surface area (Å²) in [5, 5.41) is 8.53. The topological polar surface area (TPSA) is 83.9 Å². The predicted molar refractivity (Wildman–Crippen MR) is 91.6 cm³/mol. The van der Waals surface area contributed by atoms with Crippen LogP contribution in [0.3, 0.4) is 0 Å². The maximum atomic E-state index is 14.1. The first kappa shape index (κ1) is 19.3. The molecule has 0 radical (unpaired) electrons. The van der Waals surface area contributed by atoms with E-state index in [2.05, 4.69) is 0 Å². The molecule has 0 unspecified atom stereocenters. The molecule has 10 heteroatoms. The van der Waals surface area contributed by atoms with Crippen LogP contribution >= 0.6 is 23.2 Å². The molecule has 1 N–H and O–H groups in total. The maximum absolute atomic E-state index is 14.1. The molecule has 134 valence electrons. The molecular formula is C15H12Cl2FNO5S. The molecular weight excluding hydrogens is 396 g/mol. The van der Waals surface area contributed by atoms with Crippen molar-refractivity contribution in [2.75, 3.05) is 18.0 Å². The van der Waals surface area contributed by atoms with Crippen molar-refractivity contribution in [2.24, 2.45) is 0 Å². The third kappa shape index (κ3) is 3.81. The molecule has 0 aliphatic carbocycles. The zero-order valence-corrected chi connectivity index (χ0v) is 15.1. The fourth-order valence-corrected chi connectivity index (χ4v) is 4.31. The van der Waals surface area contributed by atoms with Gasteiger partial charge in [-0.15, -0.1) is 0 Å². The molecule has 0 spiro atoms. The first-order valence-electron chi connectivity index (χ1n) is 6.71. The van der Waals surface area contributed by atoms with Crippen molar-refractivity contribution < 1.29 is 27.4 Å². The Balaban J connectivity index is 2.66. The van der Waals surface area contributed by atoms with Crippen LogP contribution in [0.25, 0.3) is 0 Å². The van der Waals surface area contributed by atoms with Crippen molar-refractivity contribution in [2.45, 2.75) is 4.90 Å². The minimum absolute atomic E-state index is 0.140. The fraction of sp³-hybridized carbons (Fsp3) is 0.133. The van der Waals surface area contributed by atoms with E-state index >= 15 is 0 Å². The summed E-state index contributed by atoms with van der Waals surface area (Å²) in [4.78, 5) is 10.6. The van der Waals surface area contributed by atoms with Gasteiger partial charge < -0.3 is 9.84 Å². The van der Waals surface area contributed by atoms with Crippen LogP contribution in [0.15, 0.2) is 41.3 Å². The van der Waals surface area contributed by atoms with E-state index in [0.717, 1.165) is 18.2 Å². The lowest BCUT2D eigenvalue weighted by Crippen LogP contribution is -2.36. The average Bonchev–Trinajstić information content (AvgIpc) is 2.55. The monoisotopic (exact) mass is 407 g/mol. The summed E-state index contributed by atoms with van der Waals surface area (Å²) in [6.45, 7) is -0.997. The van der Waals surface area contributed by atoms with Gasteiger partial charge in [-0.2, -0.15) is 0 Å². The summed E-state index contributed by atoms with van der Waals surface area (Å²) in [7, 11) is -3.19. The summed E-state index contributed by atoms with van der Waals surface area (Å²) in [5.41, 5.74) is -0.423. The molecule has 0 heterocycles. The summed E-state index contributed by atoms with van der Waals surface area (Å²) in [6.07, 6.45) is 0. The second-order valence-corrected chi connectivity index (χ2v) is 7.34. The van der Waals surface area contributed by atoms with E-state index in [4.69, 9.17) is 33.0 Å². The molecule has 0 fully saturated rings. The average molecular weight is 408 g/mol. The van der Waals surface area contributed by atoms with E-state index in [0.29, 0.717) is 4.31 Å². The number of carboxylic acid groups (broad SMARTS) is 1. The third-order valence-corrected chi connectivity index (χ3v) is 5.98. The van der Waals surface area contributed by atoms with Crippen LogP contribution in [-0.4, -0.2) is 33.1 Å². The Hall–Kier alpha value is -2.03. The van der Waals surface area contributed by atoms with Crippen molar-refractivity contribution in [3.05, 3.63) is 52.3 Å². The summed E-state index contributed by atoms with van der Waals surface area (Å²) in [5.74, 6) is -2.23. The first-order valence-corrected chi connectivity index (χ1v) is 8.90. The van der Waals surface area contributed by atoms with Crippen molar-refractivity contribution in [1.82, 2.24) is 0 Å². The second kappa shape index (κ2) is 7.47. The van der Waals surface area contributed by atoms with Gasteiger partial charge in [0.25, 0.3) is 10.0 Å². The van der Waals surface area contributed by atoms with Gasteiger partial charge in [0.15, 0.2) is 0 Å². The Bertz CT molecular complexity index is 920. The van der Waals surface area contributed by atoms with Gasteiger partial charge in [-0.25, -0.2) is 12.8 Å². The zero-order chi connectivity index (χ0) is 18.8. The van der Waals surface area contributed by atoms with E-state index in [1.807, 2.05) is 0 Å². The molecule has 25 heavy (non-hydrogen) atoms. The normalized spacial score (nSPS) is 11.2. The fourth-order valence-electron chi connectivity index (χ4n) is 2.07. The van der Waals surface area contributed by atoms with E-state index in [1.54, 1.807) is 0 Å². The number of sulfonamides is 1. The Kier molecular flexibility index (Phi) is 5.76. The van der Waals surface area contributed by atoms with Crippen LogP contribution in [0, 0.1) is 5.82 Å². The quantitative estimate of drug-likeness (QED) is 0.792. The molecule has 0 saturated heterocycles. The van der Waals surface area contributed by atoms with Crippen LogP contribution in [-0.2, 0) is 14.8 Å². The summed E-state index contributed by atoms with van der Waals surface area (Å²) in [6, 6.07) is 7.27. The Morgan fingerprint density at radius 3 is 2.40 bits per heavy atom. The van der Waals surface area contributed by atoms with E-state index in [1.165, 1.54) is 25.3 Å². The highest BCUT2D eigenvalue weighted by Gasteiger charge is 2.32. The maximum Gasteiger partial charge on any atom is 0.324 e. The molecule has 2 rings (SSSR count). The highest BCUT2D eigenvalue weighted by atomic mass is 35.5. The number of carboxylic acids is 1. The SMILES string of the molecule is COc1ccc(S(=O)(=O)N(CC(=O)O)c2ccccc2F)c(Cl)c1Cl. The zero-order valence-electron chi connectivity index (χ0n) is 12.7. The lowest BCUT2D eigenvalue weighted by molar-refractivity contribution is -0.135. The standard InChI is InChI=1S/C15H12Cl2FNO5S/c1-24-11-6-7-12(15(17)14(11)16)25(22,23)19(8-13(20)21)10-5-3-2-4-9(10)18/h2-7H,8H2,1H3,(H,20,21). The summed E-state index contributed by atoms with van der Waals surface area (Å²) >= 11 is 12.0. The number of benzene rings is 2. The number of nitrogens with zero attached hydrogens (tertiary/aromatic N) is 1. The number of carbonyl (C=O) groups is 1. The number of aliphatic carboxylic acids is 1. The largest absolute Gasteiger partial charge is 0.495 e. The van der Waals surface area contributed by atoms with Crippen LogP contribution in [0.2, 0.25) is 10.0 Å². The lowest BCUT2D eigenvalue weighted by Gasteiger charge is -2.24. The molecule has 2 aromatic rings. The van der Waals surface area contributed by atoms with Crippen molar-refractivity contribution in [1.29, 1.82) is 0 Å². The molecule has 6 nitrogen and oxygen atoms in total. The van der Waals surface area contributed by atoms with Gasteiger partial charge in [-0.1, -0.05) is 35.3 Å². The Morgan fingerprint density at radius 1 is 1.20 bits per heavy atom. The molecule has 0 atom stereocenters. The number of ether oxygens (including phenoxy) is 1. The number of halogens is 3. The van der Waals surface area contributed by atoms with Gasteiger partial charge in [0.05, 0.1) is 17.8 Å². The third-order valence-electron chi connectivity index (χ3n) is 3.20. The van der Waals surface area contributed by atoms with Crippen LogP contribution in [0.4, 0.5) is 10.1 Å². The number of rotatable bonds is 6. The van der Waals surface area contributed by atoms with Crippen LogP contribution in [0.1, 0.15) is 0 Å². The number of anilines is 1. The lowest BCUT2D eigenvalue weighted by atomic mass is 10.3. The Labute approximate surface area is 153 Å². The number of para-hydroxylation sites is 1. The molecule has 0 aromatic heterocycles. The van der Waals surface area contributed by atoms with Gasteiger partial charge in [0.2, 0.25) is 0 Å². The van der Waals surface area contributed by atoms with Crippen molar-refractivity contribution >= 4 is 44.9 Å². The van der Waals surface area contributed by atoms with Gasteiger partial charge in [-0.05, 0) is 24.3 Å². The van der Waals surface area contributed by atoms with Crippen LogP contribution in [0.5, 0.6) is 5.75 Å². The second-order valence-electron chi connectivity index (χ2n) is 4.75. The van der Waals surface area contributed by atoms with Gasteiger partial charge >= 0.3 is 5.97 Å². The minimum Gasteiger partial charge on any atom is -0.495 e. The number of methoxy groups -OCH3 is 1. The molecule has 0 aliphatic heterocycles. The van der Waals surface area contributed by atoms with Crippen molar-refractivity contribution in [3.63, 3.8) is 0 Å². The van der Waals surface area contributed by atoms with Gasteiger partial charge in [0, 0.05) is 0 Å². The van der Waals surface area contributed by atoms with Gasteiger partial charge in [-0.3, -0.25) is 9.10 Å². The highest BCUT2D eigenvalue weighted by Crippen LogP contribution is 2.38. The van der Waals surface area contributed by atoms with Crippen LogP contribution < -0.4 is 9.04 Å². The van der Waals surface area contributed by atoms with Crippen molar-refractivity contribution in [3.8, 4) is 5.75 Å². The predicted octanol–water partition coefficient (Wildman–Crippen LogP) is 3.42. The number of hydrogen-bond acceptors (Lipinski definition) is 4.